The molecular formula is C4H8N2Y-2. The quantitative estimate of drug-likeness (QED) is 0.429. The minimum atomic E-state index is 0. The van der Waals surface area contributed by atoms with Gasteiger partial charge in [-0.25, -0.2) is 0 Å². The van der Waals surface area contributed by atoms with Gasteiger partial charge in [0, 0.05) is 32.7 Å². The van der Waals surface area contributed by atoms with Crippen LogP contribution < -0.4 is 0 Å². The first kappa shape index (κ1) is 15.7. The number of rotatable bonds is 1. The summed E-state index contributed by atoms with van der Waals surface area (Å²) in [5, 5.41) is 2.39. The summed E-state index contributed by atoms with van der Waals surface area (Å²) in [5.74, 6) is 0. The van der Waals surface area contributed by atoms with Crippen molar-refractivity contribution in [2.45, 2.75) is 13.8 Å². The number of hydrogen-bond acceptors (Lipinski definition) is 1. The van der Waals surface area contributed by atoms with Crippen molar-refractivity contribution < 1.29 is 32.7 Å². The van der Waals surface area contributed by atoms with Gasteiger partial charge in [0.1, 0.15) is 0 Å². The van der Waals surface area contributed by atoms with Gasteiger partial charge < -0.3 is 17.2 Å². The summed E-state index contributed by atoms with van der Waals surface area (Å²) >= 11 is 0. The third-order valence-electron chi connectivity index (χ3n) is 0.0667. The molecular weight excluding hydrogens is 165 g/mol. The molecule has 7 heavy (non-hydrogen) atoms. The van der Waals surface area contributed by atoms with Crippen molar-refractivity contribution in [2.24, 2.45) is 5.11 Å². The summed E-state index contributed by atoms with van der Waals surface area (Å²) in [6.45, 7) is 8.49. The van der Waals surface area contributed by atoms with Gasteiger partial charge in [-0.15, -0.1) is 0 Å². The van der Waals surface area contributed by atoms with E-state index in [2.05, 4.69) is 11.7 Å². The minimum absolute atomic E-state index is 0. The van der Waals surface area contributed by atoms with Crippen LogP contribution in [-0.4, -0.2) is 0 Å². The van der Waals surface area contributed by atoms with E-state index < -0.39 is 0 Å². The van der Waals surface area contributed by atoms with E-state index in [0.29, 0.717) is 0 Å². The normalized spacial score (nSPS) is 3.71. The molecule has 0 saturated carbocycles. The molecule has 2 nitrogen and oxygen atoms in total. The summed E-state index contributed by atoms with van der Waals surface area (Å²) in [4.78, 5) is 0. The zero-order chi connectivity index (χ0) is 5.41. The fraction of sp³-hybridized carbons (Fsp3) is 0.500. The smallest absolute Gasteiger partial charge is 0 e. The van der Waals surface area contributed by atoms with Gasteiger partial charge in [-0.05, 0) is 0 Å². The Hall–Kier alpha value is 0.444. The molecule has 3 heteroatoms. The Kier molecular flexibility index (Phi) is 71.5. The molecule has 0 fully saturated rings. The van der Waals surface area contributed by atoms with E-state index in [4.69, 9.17) is 5.53 Å². The van der Waals surface area contributed by atoms with Crippen LogP contribution in [0.4, 0.5) is 0 Å². The molecule has 0 aromatic heterocycles. The average Bonchev–Trinajstić information content (AvgIpc) is 1.72. The molecule has 1 radical (unpaired) electrons. The average molecular weight is 173 g/mol. The van der Waals surface area contributed by atoms with Crippen molar-refractivity contribution in [2.75, 3.05) is 0 Å². The molecule has 0 unspecified atom stereocenters. The maximum Gasteiger partial charge on any atom is 0 e. The van der Waals surface area contributed by atoms with Crippen LogP contribution in [0, 0.1) is 6.58 Å². The van der Waals surface area contributed by atoms with E-state index in [-0.39, 0.29) is 32.7 Å². The van der Waals surface area contributed by atoms with Gasteiger partial charge in [0.15, 0.2) is 0 Å². The second-order valence-corrected chi connectivity index (χ2v) is 0.265. The molecule has 0 rings (SSSR count). The molecule has 0 aromatic carbocycles. The summed E-state index contributed by atoms with van der Waals surface area (Å²) in [7, 11) is 0. The van der Waals surface area contributed by atoms with Crippen LogP contribution >= 0.6 is 0 Å². The monoisotopic (exact) mass is 173 g/mol. The first-order valence-electron chi connectivity index (χ1n) is 1.79. The standard InChI is InChI=1S/C2H2N2.C2H6.Y/c1-2-4-3;1-2;/h1-2H;1-2H3;/q-2;;. The van der Waals surface area contributed by atoms with Crippen LogP contribution in [0.15, 0.2) is 11.3 Å². The van der Waals surface area contributed by atoms with E-state index in [0.717, 1.165) is 6.20 Å². The van der Waals surface area contributed by atoms with Crippen molar-refractivity contribution in [3.8, 4) is 0 Å². The van der Waals surface area contributed by atoms with Crippen LogP contribution in [0.1, 0.15) is 13.8 Å². The van der Waals surface area contributed by atoms with Gasteiger partial charge in [-0.3, -0.25) is 0 Å². The van der Waals surface area contributed by atoms with Crippen molar-refractivity contribution >= 4 is 0 Å². The molecule has 0 aliphatic heterocycles. The minimum Gasteiger partial charge on any atom is -0.710 e. The summed E-state index contributed by atoms with van der Waals surface area (Å²) in [6, 6.07) is 0. The first-order valence-corrected chi connectivity index (χ1v) is 1.79. The molecule has 0 atom stereocenters. The summed E-state index contributed by atoms with van der Waals surface area (Å²) in [5.41, 5.74) is 7.32. The van der Waals surface area contributed by atoms with Gasteiger partial charge in [0.05, 0.1) is 0 Å². The number of hydrogen-bond donors (Lipinski definition) is 0. The van der Waals surface area contributed by atoms with Crippen molar-refractivity contribution in [1.82, 2.24) is 0 Å². The second-order valence-electron chi connectivity index (χ2n) is 0.265. The van der Waals surface area contributed by atoms with Crippen LogP contribution in [0.25, 0.3) is 5.53 Å². The zero-order valence-corrected chi connectivity index (χ0v) is 7.46. The van der Waals surface area contributed by atoms with E-state index in [9.17, 15) is 0 Å². The van der Waals surface area contributed by atoms with Gasteiger partial charge in [0.25, 0.3) is 0 Å². The van der Waals surface area contributed by atoms with Crippen molar-refractivity contribution in [3.05, 3.63) is 18.3 Å². The molecule has 39 valence electrons. The second kappa shape index (κ2) is 32.0. The Morgan fingerprint density at radius 3 is 1.71 bits per heavy atom. The zero-order valence-electron chi connectivity index (χ0n) is 4.63. The Bertz CT molecular complexity index is 30.7. The van der Waals surface area contributed by atoms with Crippen LogP contribution in [-0.2, 0) is 32.7 Å². The predicted octanol–water partition coefficient (Wildman–Crippen LogP) is 1.98. The van der Waals surface area contributed by atoms with Crippen LogP contribution in [0.5, 0.6) is 0 Å². The molecule has 0 aliphatic rings. The van der Waals surface area contributed by atoms with Crippen LogP contribution in [0.3, 0.4) is 0 Å². The van der Waals surface area contributed by atoms with Crippen LogP contribution in [0.2, 0.25) is 0 Å². The molecule has 0 N–H and O–H groups in total. The van der Waals surface area contributed by atoms with Crippen molar-refractivity contribution in [1.29, 1.82) is 0 Å². The Morgan fingerprint density at radius 1 is 1.57 bits per heavy atom. The largest absolute Gasteiger partial charge is 0.710 e. The van der Waals surface area contributed by atoms with E-state index in [1.807, 2.05) is 13.8 Å². The van der Waals surface area contributed by atoms with E-state index >= 15 is 0 Å². The fourth-order valence-electron chi connectivity index (χ4n) is 0. The predicted molar refractivity (Wildman–Crippen MR) is 26.0 cm³/mol. The Labute approximate surface area is 69.8 Å². The maximum atomic E-state index is 7.32. The molecule has 0 aliphatic carbocycles. The first-order chi connectivity index (χ1) is 2.91. The summed E-state index contributed by atoms with van der Waals surface area (Å²) < 4.78 is 0. The SMILES string of the molecule is CC.[CH-]=CN=[N-].[Y]. The number of nitrogens with zero attached hydrogens (tertiary/aromatic N) is 2. The molecule has 0 aromatic rings. The van der Waals surface area contributed by atoms with Gasteiger partial charge in [0.2, 0.25) is 0 Å². The fourth-order valence-corrected chi connectivity index (χ4v) is 0. The Morgan fingerprint density at radius 2 is 1.71 bits per heavy atom. The van der Waals surface area contributed by atoms with Gasteiger partial charge >= 0.3 is 0 Å². The molecule has 0 saturated heterocycles. The third kappa shape index (κ3) is 61.0. The van der Waals surface area contributed by atoms with Gasteiger partial charge in [-0.1, -0.05) is 13.8 Å². The molecule has 0 heterocycles. The molecule has 0 spiro atoms. The van der Waals surface area contributed by atoms with E-state index in [1.165, 1.54) is 0 Å². The third-order valence-corrected chi connectivity index (χ3v) is 0.0667. The molecule has 0 bridgehead atoms. The van der Waals surface area contributed by atoms with Gasteiger partial charge in [-0.2, -0.15) is 6.20 Å². The molecule has 0 amide bonds. The summed E-state index contributed by atoms with van der Waals surface area (Å²) in [6.07, 6.45) is 0.806. The topological polar surface area (TPSA) is 34.7 Å². The van der Waals surface area contributed by atoms with E-state index in [1.54, 1.807) is 0 Å². The van der Waals surface area contributed by atoms with Crippen molar-refractivity contribution in [3.63, 3.8) is 0 Å². The Balaban J connectivity index is -0.0000000480. The maximum absolute atomic E-state index is 7.32.